The van der Waals surface area contributed by atoms with Crippen molar-refractivity contribution in [2.45, 2.75) is 32.2 Å². The first-order valence-electron chi connectivity index (χ1n) is 8.21. The SMILES string of the molecule is C=CCON1C(=O)N2CC(n3ccc(CC(=O)CCC)n3)=CC1C2. The number of urea groups is 1. The summed E-state index contributed by atoms with van der Waals surface area (Å²) in [5, 5.41) is 5.87. The minimum absolute atomic E-state index is 0.129. The Hall–Kier alpha value is -2.41. The lowest BCUT2D eigenvalue weighted by atomic mass is 10.1. The van der Waals surface area contributed by atoms with Crippen molar-refractivity contribution in [3.63, 3.8) is 0 Å². The number of hydrogen-bond acceptors (Lipinski definition) is 4. The molecule has 0 radical (unpaired) electrons. The quantitative estimate of drug-likeness (QED) is 0.683. The van der Waals surface area contributed by atoms with Gasteiger partial charge in [-0.25, -0.2) is 9.48 Å². The van der Waals surface area contributed by atoms with E-state index >= 15 is 0 Å². The van der Waals surface area contributed by atoms with Crippen LogP contribution in [0.25, 0.3) is 5.70 Å². The normalized spacial score (nSPS) is 19.6. The molecule has 3 rings (SSSR count). The average molecular weight is 330 g/mol. The molecule has 0 saturated carbocycles. The molecule has 7 heteroatoms. The van der Waals surface area contributed by atoms with Crippen LogP contribution in [-0.2, 0) is 16.1 Å². The van der Waals surface area contributed by atoms with Gasteiger partial charge in [0, 0.05) is 19.2 Å². The highest BCUT2D eigenvalue weighted by Gasteiger charge is 2.41. The number of hydrogen-bond donors (Lipinski definition) is 0. The zero-order valence-electron chi connectivity index (χ0n) is 13.9. The van der Waals surface area contributed by atoms with E-state index in [1.165, 1.54) is 5.06 Å². The highest BCUT2D eigenvalue weighted by molar-refractivity contribution is 5.81. The van der Waals surface area contributed by atoms with Crippen LogP contribution in [-0.4, -0.2) is 57.3 Å². The molecule has 1 unspecified atom stereocenters. The van der Waals surface area contributed by atoms with E-state index < -0.39 is 0 Å². The predicted octanol–water partition coefficient (Wildman–Crippen LogP) is 1.87. The van der Waals surface area contributed by atoms with E-state index in [0.29, 0.717) is 32.5 Å². The molecule has 128 valence electrons. The van der Waals surface area contributed by atoms with Gasteiger partial charge in [-0.2, -0.15) is 10.2 Å². The van der Waals surface area contributed by atoms with Gasteiger partial charge in [0.2, 0.25) is 0 Å². The Labute approximate surface area is 141 Å². The number of nitrogens with zero attached hydrogens (tertiary/aromatic N) is 4. The van der Waals surface area contributed by atoms with E-state index in [-0.39, 0.29) is 17.9 Å². The van der Waals surface area contributed by atoms with Gasteiger partial charge in [0.25, 0.3) is 0 Å². The molecule has 1 atom stereocenters. The first-order chi connectivity index (χ1) is 11.6. The van der Waals surface area contributed by atoms with Crippen LogP contribution in [0.2, 0.25) is 0 Å². The van der Waals surface area contributed by atoms with E-state index in [1.54, 1.807) is 15.7 Å². The van der Waals surface area contributed by atoms with Crippen molar-refractivity contribution >= 4 is 17.5 Å². The second kappa shape index (κ2) is 7.00. The Kier molecular flexibility index (Phi) is 4.80. The van der Waals surface area contributed by atoms with Crippen molar-refractivity contribution in [2.75, 3.05) is 19.7 Å². The number of ketones is 1. The predicted molar refractivity (Wildman–Crippen MR) is 88.9 cm³/mol. The van der Waals surface area contributed by atoms with Gasteiger partial charge in [0.15, 0.2) is 0 Å². The lowest BCUT2D eigenvalue weighted by Gasteiger charge is -2.21. The van der Waals surface area contributed by atoms with Gasteiger partial charge in [0.05, 0.1) is 37.0 Å². The summed E-state index contributed by atoms with van der Waals surface area (Å²) < 4.78 is 1.75. The Bertz CT molecular complexity index is 679. The van der Waals surface area contributed by atoms with Gasteiger partial charge in [0.1, 0.15) is 5.78 Å². The monoisotopic (exact) mass is 330 g/mol. The molecule has 2 aliphatic heterocycles. The van der Waals surface area contributed by atoms with Gasteiger partial charge in [-0.1, -0.05) is 13.0 Å². The lowest BCUT2D eigenvalue weighted by molar-refractivity contribution is -0.118. The molecular formula is C17H22N4O3. The molecule has 1 aromatic rings. The van der Waals surface area contributed by atoms with Gasteiger partial charge < -0.3 is 4.90 Å². The summed E-state index contributed by atoms with van der Waals surface area (Å²) in [6, 6.07) is 1.59. The second-order valence-electron chi connectivity index (χ2n) is 6.02. The molecule has 24 heavy (non-hydrogen) atoms. The molecule has 0 spiro atoms. The van der Waals surface area contributed by atoms with Gasteiger partial charge in [-0.15, -0.1) is 6.58 Å². The summed E-state index contributed by atoms with van der Waals surface area (Å²) in [6.45, 7) is 6.98. The molecule has 0 N–H and O–H groups in total. The molecule has 2 amide bonds. The summed E-state index contributed by atoms with van der Waals surface area (Å²) >= 11 is 0. The number of carbonyl (C=O) groups excluding carboxylic acids is 2. The van der Waals surface area contributed by atoms with Crippen LogP contribution in [0.15, 0.2) is 31.0 Å². The number of aromatic nitrogens is 2. The van der Waals surface area contributed by atoms with Crippen molar-refractivity contribution in [3.8, 4) is 0 Å². The number of Topliss-reactive ketones (excluding diaryl/α,β-unsaturated/α-hetero) is 1. The molecule has 7 nitrogen and oxygen atoms in total. The standard InChI is InChI=1S/C17H22N4O3/c1-3-5-16(22)9-13-6-7-20(18-13)14-10-15-12-19(11-14)17(23)21(15)24-8-4-2/h4,6-7,10,15H,2-3,5,8-9,11-12H2,1H3. The van der Waals surface area contributed by atoms with Crippen LogP contribution in [0.4, 0.5) is 4.79 Å². The van der Waals surface area contributed by atoms with Crippen molar-refractivity contribution in [1.82, 2.24) is 19.7 Å². The maximum Gasteiger partial charge on any atom is 0.345 e. The third-order valence-corrected chi connectivity index (χ3v) is 4.08. The third-order valence-electron chi connectivity index (χ3n) is 4.08. The fourth-order valence-electron chi connectivity index (χ4n) is 3.00. The molecule has 2 bridgehead atoms. The summed E-state index contributed by atoms with van der Waals surface area (Å²) in [7, 11) is 0. The number of carbonyl (C=O) groups is 2. The molecule has 1 aromatic heterocycles. The van der Waals surface area contributed by atoms with Crippen molar-refractivity contribution < 1.29 is 14.4 Å². The fourth-order valence-corrected chi connectivity index (χ4v) is 3.00. The second-order valence-corrected chi connectivity index (χ2v) is 6.02. The summed E-state index contributed by atoms with van der Waals surface area (Å²) in [5.74, 6) is 0.198. The third kappa shape index (κ3) is 3.26. The Morgan fingerprint density at radius 3 is 3.12 bits per heavy atom. The average Bonchev–Trinajstić information content (AvgIpc) is 3.10. The van der Waals surface area contributed by atoms with Gasteiger partial charge in [-0.3, -0.25) is 9.63 Å². The smallest absolute Gasteiger partial charge is 0.314 e. The zero-order chi connectivity index (χ0) is 17.1. The Morgan fingerprint density at radius 1 is 1.54 bits per heavy atom. The van der Waals surface area contributed by atoms with E-state index in [1.807, 2.05) is 25.3 Å². The van der Waals surface area contributed by atoms with Crippen LogP contribution < -0.4 is 0 Å². The molecule has 1 saturated heterocycles. The van der Waals surface area contributed by atoms with Crippen LogP contribution in [0.1, 0.15) is 25.5 Å². The molecule has 1 fully saturated rings. The minimum atomic E-state index is -0.140. The van der Waals surface area contributed by atoms with Crippen molar-refractivity contribution in [3.05, 3.63) is 36.7 Å². The first-order valence-corrected chi connectivity index (χ1v) is 8.21. The van der Waals surface area contributed by atoms with E-state index in [2.05, 4.69) is 11.7 Å². The molecule has 3 heterocycles. The number of hydroxylamine groups is 2. The lowest BCUT2D eigenvalue weighted by Crippen LogP contribution is -2.33. The van der Waals surface area contributed by atoms with Crippen LogP contribution in [0, 0.1) is 0 Å². The summed E-state index contributed by atoms with van der Waals surface area (Å²) in [6.07, 6.45) is 7.23. The Morgan fingerprint density at radius 2 is 2.38 bits per heavy atom. The van der Waals surface area contributed by atoms with E-state index in [4.69, 9.17) is 4.84 Å². The van der Waals surface area contributed by atoms with Gasteiger partial charge >= 0.3 is 6.03 Å². The van der Waals surface area contributed by atoms with Crippen molar-refractivity contribution in [2.24, 2.45) is 0 Å². The maximum atomic E-state index is 12.3. The highest BCUT2D eigenvalue weighted by Crippen LogP contribution is 2.26. The molecule has 0 aliphatic carbocycles. The topological polar surface area (TPSA) is 67.7 Å². The van der Waals surface area contributed by atoms with Crippen LogP contribution in [0.5, 0.6) is 0 Å². The van der Waals surface area contributed by atoms with E-state index in [9.17, 15) is 9.59 Å². The highest BCUT2D eigenvalue weighted by atomic mass is 16.7. The number of amides is 2. The summed E-state index contributed by atoms with van der Waals surface area (Å²) in [5.41, 5.74) is 1.67. The molecular weight excluding hydrogens is 308 g/mol. The first kappa shape index (κ1) is 16.4. The molecule has 2 aliphatic rings. The van der Waals surface area contributed by atoms with Crippen LogP contribution in [0.3, 0.4) is 0 Å². The largest absolute Gasteiger partial charge is 0.345 e. The van der Waals surface area contributed by atoms with Gasteiger partial charge in [-0.05, 0) is 18.6 Å². The number of rotatable bonds is 8. The van der Waals surface area contributed by atoms with Crippen molar-refractivity contribution in [1.29, 1.82) is 0 Å². The summed E-state index contributed by atoms with van der Waals surface area (Å²) in [4.78, 5) is 31.2. The van der Waals surface area contributed by atoms with E-state index in [0.717, 1.165) is 17.8 Å². The zero-order valence-corrected chi connectivity index (χ0v) is 13.9. The Balaban J connectivity index is 1.72. The molecule has 0 aromatic carbocycles. The fraction of sp³-hybridized carbons (Fsp3) is 0.471. The van der Waals surface area contributed by atoms with Crippen LogP contribution >= 0.6 is 0 Å². The maximum absolute atomic E-state index is 12.3. The minimum Gasteiger partial charge on any atom is -0.314 e. The number of fused-ring (bicyclic) bond motifs is 2.